The highest BCUT2D eigenvalue weighted by molar-refractivity contribution is 7.18. The molecule has 0 saturated carbocycles. The van der Waals surface area contributed by atoms with Crippen LogP contribution in [0.25, 0.3) is 0 Å². The molecule has 0 atom stereocenters. The van der Waals surface area contributed by atoms with Crippen LogP contribution in [0.4, 0.5) is 0 Å². The molecule has 0 aliphatic rings. The van der Waals surface area contributed by atoms with E-state index in [9.17, 15) is 0 Å². The minimum absolute atomic E-state index is 0.359. The predicted octanol–water partition coefficient (Wildman–Crippen LogP) is 1.35. The Bertz CT molecular complexity index is 123. The van der Waals surface area contributed by atoms with Crippen LogP contribution < -0.4 is 5.40 Å². The molecular formula is C8H23NSi2. The van der Waals surface area contributed by atoms with E-state index < -0.39 is 7.75 Å². The zero-order chi connectivity index (χ0) is 9.50. The summed E-state index contributed by atoms with van der Waals surface area (Å²) < 4.78 is 0. The first-order valence-corrected chi connectivity index (χ1v) is 9.87. The predicted molar refractivity (Wildman–Crippen MR) is 59.3 cm³/mol. The van der Waals surface area contributed by atoms with Crippen LogP contribution in [-0.2, 0) is 0 Å². The van der Waals surface area contributed by atoms with Gasteiger partial charge in [0.15, 0.2) is 0 Å². The van der Waals surface area contributed by atoms with Crippen molar-refractivity contribution in [3.05, 3.63) is 0 Å². The van der Waals surface area contributed by atoms with Crippen LogP contribution in [0.3, 0.4) is 0 Å². The maximum Gasteiger partial charge on any atom is 0.112 e. The molecule has 0 fully saturated rings. The molecular weight excluding hydrogens is 166 g/mol. The van der Waals surface area contributed by atoms with Crippen molar-refractivity contribution in [1.82, 2.24) is 0 Å². The third kappa shape index (κ3) is 2.16. The van der Waals surface area contributed by atoms with Crippen molar-refractivity contribution < 1.29 is 0 Å². The smallest absolute Gasteiger partial charge is 0.112 e. The van der Waals surface area contributed by atoms with Gasteiger partial charge in [0.2, 0.25) is 0 Å². The Morgan fingerprint density at radius 1 is 0.909 bits per heavy atom. The quantitative estimate of drug-likeness (QED) is 0.572. The second-order valence-corrected chi connectivity index (χ2v) is 15.8. The van der Waals surface area contributed by atoms with E-state index in [2.05, 4.69) is 41.5 Å². The first kappa shape index (κ1) is 11.4. The molecule has 0 radical (unpaired) electrons. The molecule has 0 amide bonds. The molecule has 0 aromatic carbocycles. The van der Waals surface area contributed by atoms with E-state index in [-0.39, 0.29) is 0 Å². The Balaban J connectivity index is 4.75. The van der Waals surface area contributed by atoms with Crippen molar-refractivity contribution in [2.45, 2.75) is 51.6 Å². The minimum Gasteiger partial charge on any atom is -0.352 e. The Labute approximate surface area is 75.1 Å². The standard InChI is InChI=1S/C8H23NSi2/c1-7(2,3)11(9,10)8(4,5)6/h9H2,1-6,10H3. The number of rotatable bonds is 0. The van der Waals surface area contributed by atoms with E-state index in [1.54, 1.807) is 0 Å². The van der Waals surface area contributed by atoms with Gasteiger partial charge in [0.1, 0.15) is 7.75 Å². The Morgan fingerprint density at radius 2 is 1.09 bits per heavy atom. The molecule has 0 bridgehead atoms. The lowest BCUT2D eigenvalue weighted by atomic mass is 10.2. The summed E-state index contributed by atoms with van der Waals surface area (Å²) in [5, 5.41) is 7.19. The third-order valence-corrected chi connectivity index (χ3v) is 18.3. The van der Waals surface area contributed by atoms with E-state index in [4.69, 9.17) is 5.40 Å². The van der Waals surface area contributed by atoms with E-state index in [1.165, 1.54) is 9.76 Å². The molecule has 0 aliphatic heterocycles. The van der Waals surface area contributed by atoms with Gasteiger partial charge in [-0.3, -0.25) is 0 Å². The SMILES string of the molecule is CC(C)(C)[Si](N)([SiH3])C(C)(C)C. The second kappa shape index (κ2) is 2.71. The second-order valence-electron chi connectivity index (χ2n) is 5.70. The van der Waals surface area contributed by atoms with Gasteiger partial charge in [-0.25, -0.2) is 0 Å². The van der Waals surface area contributed by atoms with Crippen molar-refractivity contribution in [2.75, 3.05) is 0 Å². The molecule has 0 unspecified atom stereocenters. The van der Waals surface area contributed by atoms with E-state index in [1.807, 2.05) is 0 Å². The molecule has 0 aliphatic carbocycles. The average molecular weight is 189 g/mol. The molecule has 3 heteroatoms. The summed E-state index contributed by atoms with van der Waals surface area (Å²) in [4.78, 5) is 0. The topological polar surface area (TPSA) is 26.0 Å². The molecule has 0 saturated heterocycles. The summed E-state index contributed by atoms with van der Waals surface area (Å²) in [6, 6.07) is 0. The Kier molecular flexibility index (Phi) is 2.81. The van der Waals surface area contributed by atoms with Gasteiger partial charge in [-0.05, 0) is 10.1 Å². The van der Waals surface area contributed by atoms with Gasteiger partial charge >= 0.3 is 0 Å². The van der Waals surface area contributed by atoms with E-state index in [0.717, 1.165) is 0 Å². The van der Waals surface area contributed by atoms with Crippen molar-refractivity contribution in [1.29, 1.82) is 0 Å². The van der Waals surface area contributed by atoms with Crippen LogP contribution in [-0.4, -0.2) is 17.5 Å². The van der Waals surface area contributed by atoms with Gasteiger partial charge in [0.25, 0.3) is 0 Å². The lowest BCUT2D eigenvalue weighted by Gasteiger charge is -2.46. The Hall–Kier alpha value is 0.394. The highest BCUT2D eigenvalue weighted by Gasteiger charge is 2.45. The van der Waals surface area contributed by atoms with Crippen molar-refractivity contribution in [3.63, 3.8) is 0 Å². The molecule has 68 valence electrons. The molecule has 1 nitrogen and oxygen atoms in total. The summed E-state index contributed by atoms with van der Waals surface area (Å²) in [6.07, 6.45) is 0. The third-order valence-electron chi connectivity index (χ3n) is 3.12. The molecule has 0 aromatic heterocycles. The summed E-state index contributed by atoms with van der Waals surface area (Å²) in [5.41, 5.74) is 0. The first-order chi connectivity index (χ1) is 4.50. The van der Waals surface area contributed by atoms with Crippen molar-refractivity contribution in [3.8, 4) is 0 Å². The lowest BCUT2D eigenvalue weighted by Crippen LogP contribution is -2.61. The lowest BCUT2D eigenvalue weighted by molar-refractivity contribution is 0.631. The number of hydrogen-bond acceptors (Lipinski definition) is 1. The maximum absolute atomic E-state index is 6.47. The van der Waals surface area contributed by atoms with Crippen LogP contribution in [0.15, 0.2) is 0 Å². The zero-order valence-electron chi connectivity index (χ0n) is 9.08. The summed E-state index contributed by atoms with van der Waals surface area (Å²) >= 11 is 0. The van der Waals surface area contributed by atoms with Gasteiger partial charge in [-0.15, -0.1) is 0 Å². The van der Waals surface area contributed by atoms with Crippen molar-refractivity contribution >= 4 is 17.5 Å². The van der Waals surface area contributed by atoms with Gasteiger partial charge in [-0.1, -0.05) is 41.5 Å². The van der Waals surface area contributed by atoms with Gasteiger partial charge < -0.3 is 5.40 Å². The minimum atomic E-state index is -1.47. The monoisotopic (exact) mass is 189 g/mol. The highest BCUT2D eigenvalue weighted by Crippen LogP contribution is 2.45. The van der Waals surface area contributed by atoms with Crippen molar-refractivity contribution in [2.24, 2.45) is 5.40 Å². The van der Waals surface area contributed by atoms with Gasteiger partial charge in [-0.2, -0.15) is 0 Å². The average Bonchev–Trinajstić information content (AvgIpc) is 1.58. The van der Waals surface area contributed by atoms with E-state index in [0.29, 0.717) is 10.1 Å². The van der Waals surface area contributed by atoms with Crippen LogP contribution >= 0.6 is 0 Å². The molecule has 11 heavy (non-hydrogen) atoms. The molecule has 0 aromatic rings. The largest absolute Gasteiger partial charge is 0.352 e. The number of nitrogens with two attached hydrogens (primary N) is 1. The molecule has 2 N–H and O–H groups in total. The van der Waals surface area contributed by atoms with Gasteiger partial charge in [0.05, 0.1) is 0 Å². The maximum atomic E-state index is 6.47. The molecule has 0 heterocycles. The zero-order valence-corrected chi connectivity index (χ0v) is 12.1. The van der Waals surface area contributed by atoms with E-state index >= 15 is 0 Å². The van der Waals surface area contributed by atoms with Crippen LogP contribution in [0.5, 0.6) is 0 Å². The summed E-state index contributed by atoms with van der Waals surface area (Å²) in [7, 11) is -0.285. The fourth-order valence-corrected chi connectivity index (χ4v) is 3.38. The summed E-state index contributed by atoms with van der Waals surface area (Å²) in [5.74, 6) is 0. The first-order valence-electron chi connectivity index (χ1n) is 4.29. The fourth-order valence-electron chi connectivity index (χ4n) is 1.12. The highest BCUT2D eigenvalue weighted by atomic mass is 29.2. The van der Waals surface area contributed by atoms with Crippen LogP contribution in [0.2, 0.25) is 10.1 Å². The van der Waals surface area contributed by atoms with Crippen LogP contribution in [0.1, 0.15) is 41.5 Å². The summed E-state index contributed by atoms with van der Waals surface area (Å²) in [6.45, 7) is 13.7. The normalized spacial score (nSPS) is 15.5. The van der Waals surface area contributed by atoms with Gasteiger partial charge in [0, 0.05) is 9.76 Å². The molecule has 0 rings (SSSR count). The number of hydrogen-bond donors (Lipinski definition) is 1. The fraction of sp³-hybridized carbons (Fsp3) is 1.00. The Morgan fingerprint density at radius 3 is 1.09 bits per heavy atom. The van der Waals surface area contributed by atoms with Crippen LogP contribution in [0, 0.1) is 0 Å². The molecule has 0 spiro atoms.